The molecular weight excluding hydrogens is 393 g/mol. The quantitative estimate of drug-likeness (QED) is 0.731. The molecule has 0 unspecified atom stereocenters. The molecule has 0 bridgehead atoms. The van der Waals surface area contributed by atoms with Crippen molar-refractivity contribution < 1.29 is 21.2 Å². The van der Waals surface area contributed by atoms with Gasteiger partial charge in [-0.05, 0) is 45.0 Å². The zero-order valence-electron chi connectivity index (χ0n) is 14.0. The van der Waals surface area contributed by atoms with Gasteiger partial charge in [0.15, 0.2) is 0 Å². The normalized spacial score (nSPS) is 17.1. The van der Waals surface area contributed by atoms with Gasteiger partial charge in [0.25, 0.3) is 0 Å². The monoisotopic (exact) mass is 415 g/mol. The lowest BCUT2D eigenvalue weighted by atomic mass is 10.1. The zero-order valence-corrected chi connectivity index (χ0v) is 16.5. The van der Waals surface area contributed by atoms with Gasteiger partial charge >= 0.3 is 0 Å². The molecule has 144 valence electrons. The summed E-state index contributed by atoms with van der Waals surface area (Å²) in [4.78, 5) is -0.178. The fourth-order valence-corrected chi connectivity index (χ4v) is 4.64. The third-order valence-corrected chi connectivity index (χ3v) is 7.27. The molecule has 2 N–H and O–H groups in total. The maximum Gasteiger partial charge on any atom is 0.243 e. The van der Waals surface area contributed by atoms with E-state index in [4.69, 9.17) is 0 Å². The highest BCUT2D eigenvalue weighted by Gasteiger charge is 2.29. The van der Waals surface area contributed by atoms with Crippen LogP contribution in [0.15, 0.2) is 23.1 Å². The summed E-state index contributed by atoms with van der Waals surface area (Å²) in [6.45, 7) is 2.15. The summed E-state index contributed by atoms with van der Waals surface area (Å²) >= 11 is 0. The van der Waals surface area contributed by atoms with Crippen molar-refractivity contribution in [3.8, 4) is 0 Å². The lowest BCUT2D eigenvalue weighted by molar-refractivity contribution is 0.298. The maximum atomic E-state index is 14.1. The number of benzene rings is 1. The van der Waals surface area contributed by atoms with Crippen molar-refractivity contribution in [3.05, 3.63) is 24.0 Å². The van der Waals surface area contributed by atoms with E-state index in [1.165, 1.54) is 17.3 Å². The van der Waals surface area contributed by atoms with Crippen LogP contribution in [0.25, 0.3) is 0 Å². The number of rotatable bonds is 6. The number of halogens is 2. The van der Waals surface area contributed by atoms with Crippen LogP contribution in [-0.2, 0) is 20.0 Å². The van der Waals surface area contributed by atoms with Crippen molar-refractivity contribution in [2.24, 2.45) is 0 Å². The Morgan fingerprint density at radius 1 is 1.20 bits per heavy atom. The fraction of sp³-hybridized carbons (Fsp3) is 0.571. The Labute approximate surface area is 154 Å². The molecule has 0 radical (unpaired) electrons. The molecule has 25 heavy (non-hydrogen) atoms. The number of hydrogen-bond acceptors (Lipinski definition) is 5. The van der Waals surface area contributed by atoms with Crippen molar-refractivity contribution in [2.45, 2.75) is 30.7 Å². The Bertz CT molecular complexity index is 794. The largest absolute Gasteiger partial charge is 0.317 e. The van der Waals surface area contributed by atoms with E-state index in [1.807, 2.05) is 7.05 Å². The minimum absolute atomic E-state index is 0. The summed E-state index contributed by atoms with van der Waals surface area (Å²) in [5, 5.41) is 3.11. The van der Waals surface area contributed by atoms with Gasteiger partial charge < -0.3 is 5.32 Å². The highest BCUT2D eigenvalue weighted by Crippen LogP contribution is 2.24. The molecule has 2 rings (SSSR count). The predicted octanol–water partition coefficient (Wildman–Crippen LogP) is 1.38. The SMILES string of the molecule is CCS(=O)(=O)Nc1ccc(S(=O)(=O)N2CCC(NC)CC2)cc1F.Cl. The van der Waals surface area contributed by atoms with Crippen molar-refractivity contribution in [3.63, 3.8) is 0 Å². The van der Waals surface area contributed by atoms with Crippen molar-refractivity contribution in [2.75, 3.05) is 30.6 Å². The Morgan fingerprint density at radius 3 is 2.28 bits per heavy atom. The van der Waals surface area contributed by atoms with Gasteiger partial charge in [0.1, 0.15) is 5.82 Å². The molecule has 7 nitrogen and oxygen atoms in total. The van der Waals surface area contributed by atoms with Crippen LogP contribution < -0.4 is 10.0 Å². The van der Waals surface area contributed by atoms with E-state index in [-0.39, 0.29) is 34.8 Å². The summed E-state index contributed by atoms with van der Waals surface area (Å²) < 4.78 is 65.7. The smallest absolute Gasteiger partial charge is 0.243 e. The van der Waals surface area contributed by atoms with Crippen molar-refractivity contribution in [1.82, 2.24) is 9.62 Å². The second-order valence-corrected chi connectivity index (χ2v) is 9.56. The van der Waals surface area contributed by atoms with E-state index in [0.717, 1.165) is 12.1 Å². The Balaban J connectivity index is 0.00000312. The molecule has 1 fully saturated rings. The first-order chi connectivity index (χ1) is 11.2. The molecule has 0 aliphatic carbocycles. The van der Waals surface area contributed by atoms with Gasteiger partial charge in [-0.1, -0.05) is 0 Å². The topological polar surface area (TPSA) is 95.6 Å². The zero-order chi connectivity index (χ0) is 18.0. The molecule has 1 heterocycles. The third-order valence-electron chi connectivity index (χ3n) is 4.09. The molecular formula is C14H23ClFN3O4S2. The van der Waals surface area contributed by atoms with Crippen LogP contribution in [0, 0.1) is 5.82 Å². The van der Waals surface area contributed by atoms with E-state index in [2.05, 4.69) is 10.0 Å². The van der Waals surface area contributed by atoms with E-state index < -0.39 is 25.9 Å². The fourth-order valence-electron chi connectivity index (χ4n) is 2.51. The predicted molar refractivity (Wildman–Crippen MR) is 97.6 cm³/mol. The molecule has 1 aliphatic heterocycles. The average Bonchev–Trinajstić information content (AvgIpc) is 2.56. The van der Waals surface area contributed by atoms with Crippen LogP contribution in [-0.4, -0.2) is 53.1 Å². The van der Waals surface area contributed by atoms with E-state index >= 15 is 0 Å². The molecule has 0 aromatic heterocycles. The highest BCUT2D eigenvalue weighted by molar-refractivity contribution is 7.92. The molecule has 1 aromatic carbocycles. The number of nitrogens with one attached hydrogen (secondary N) is 2. The van der Waals surface area contributed by atoms with Crippen LogP contribution in [0.3, 0.4) is 0 Å². The van der Waals surface area contributed by atoms with Gasteiger partial charge in [-0.3, -0.25) is 4.72 Å². The highest BCUT2D eigenvalue weighted by atomic mass is 35.5. The molecule has 0 atom stereocenters. The lowest BCUT2D eigenvalue weighted by Gasteiger charge is -2.31. The molecule has 1 aliphatic rings. The molecule has 1 saturated heterocycles. The summed E-state index contributed by atoms with van der Waals surface area (Å²) in [5.74, 6) is -1.12. The molecule has 0 amide bonds. The molecule has 0 saturated carbocycles. The maximum absolute atomic E-state index is 14.1. The standard InChI is InChI=1S/C14H22FN3O4S2.ClH/c1-3-23(19,20)17-14-5-4-12(10-13(14)15)24(21,22)18-8-6-11(16-2)7-9-18;/h4-5,10-11,16-17H,3,6-9H2,1-2H3;1H. The Morgan fingerprint density at radius 2 is 1.80 bits per heavy atom. The average molecular weight is 416 g/mol. The van der Waals surface area contributed by atoms with Gasteiger partial charge in [-0.15, -0.1) is 12.4 Å². The Hall–Kier alpha value is -0.940. The summed E-state index contributed by atoms with van der Waals surface area (Å²) in [5.41, 5.74) is -0.260. The number of nitrogens with zero attached hydrogens (tertiary/aromatic N) is 1. The van der Waals surface area contributed by atoms with Crippen LogP contribution >= 0.6 is 12.4 Å². The first-order valence-corrected chi connectivity index (χ1v) is 10.8. The number of hydrogen-bond donors (Lipinski definition) is 2. The summed E-state index contributed by atoms with van der Waals surface area (Å²) in [6.07, 6.45) is 1.37. The van der Waals surface area contributed by atoms with Crippen LogP contribution in [0.2, 0.25) is 0 Å². The molecule has 0 spiro atoms. The number of anilines is 1. The number of piperidine rings is 1. The van der Waals surface area contributed by atoms with Crippen molar-refractivity contribution in [1.29, 1.82) is 0 Å². The first-order valence-electron chi connectivity index (χ1n) is 7.67. The minimum atomic E-state index is -3.79. The molecule has 1 aromatic rings. The van der Waals surface area contributed by atoms with E-state index in [0.29, 0.717) is 25.9 Å². The Kier molecular flexibility index (Phi) is 7.63. The van der Waals surface area contributed by atoms with Gasteiger partial charge in [-0.25, -0.2) is 21.2 Å². The minimum Gasteiger partial charge on any atom is -0.317 e. The van der Waals surface area contributed by atoms with Crippen LogP contribution in [0.4, 0.5) is 10.1 Å². The van der Waals surface area contributed by atoms with Crippen LogP contribution in [0.1, 0.15) is 19.8 Å². The van der Waals surface area contributed by atoms with E-state index in [9.17, 15) is 21.2 Å². The summed E-state index contributed by atoms with van der Waals surface area (Å²) in [7, 11) is -5.59. The molecule has 11 heteroatoms. The van der Waals surface area contributed by atoms with Crippen molar-refractivity contribution >= 4 is 38.1 Å². The van der Waals surface area contributed by atoms with Gasteiger partial charge in [0.2, 0.25) is 20.0 Å². The van der Waals surface area contributed by atoms with E-state index in [1.54, 1.807) is 0 Å². The number of sulfonamides is 2. The second-order valence-electron chi connectivity index (χ2n) is 5.61. The van der Waals surface area contributed by atoms with Gasteiger partial charge in [0, 0.05) is 19.1 Å². The summed E-state index contributed by atoms with van der Waals surface area (Å²) in [6, 6.07) is 3.48. The third kappa shape index (κ3) is 5.27. The van der Waals surface area contributed by atoms with Crippen LogP contribution in [0.5, 0.6) is 0 Å². The van der Waals surface area contributed by atoms with Gasteiger partial charge in [-0.2, -0.15) is 4.31 Å². The lowest BCUT2D eigenvalue weighted by Crippen LogP contribution is -2.43. The first kappa shape index (κ1) is 22.1. The second kappa shape index (κ2) is 8.63. The van der Waals surface area contributed by atoms with Gasteiger partial charge in [0.05, 0.1) is 16.3 Å².